The van der Waals surface area contributed by atoms with Gasteiger partial charge < -0.3 is 19.5 Å². The van der Waals surface area contributed by atoms with Gasteiger partial charge in [0.05, 0.1) is 25.3 Å². The maximum Gasteiger partial charge on any atom is 0.337 e. The van der Waals surface area contributed by atoms with Crippen molar-refractivity contribution in [2.75, 3.05) is 13.7 Å². The second-order valence-corrected chi connectivity index (χ2v) is 9.91. The molecule has 1 saturated heterocycles. The van der Waals surface area contributed by atoms with Gasteiger partial charge in [0.25, 0.3) is 0 Å². The molecule has 4 heterocycles. The Morgan fingerprint density at radius 1 is 1.09 bits per heavy atom. The van der Waals surface area contributed by atoms with Gasteiger partial charge in [0.1, 0.15) is 12.6 Å². The first kappa shape index (κ1) is 21.6. The topological polar surface area (TPSA) is 82.7 Å². The van der Waals surface area contributed by atoms with Crippen molar-refractivity contribution in [1.82, 2.24) is 14.8 Å². The van der Waals surface area contributed by atoms with E-state index in [0.717, 1.165) is 32.6 Å². The van der Waals surface area contributed by atoms with Gasteiger partial charge in [0.2, 0.25) is 11.8 Å². The fraction of sp³-hybridized carbons (Fsp3) is 0.222. The van der Waals surface area contributed by atoms with Crippen molar-refractivity contribution in [1.29, 1.82) is 0 Å². The Labute approximate surface area is 205 Å². The molecule has 0 unspecified atom stereocenters. The normalized spacial score (nSPS) is 19.6. The van der Waals surface area contributed by atoms with Gasteiger partial charge in [0.15, 0.2) is 0 Å². The number of nitrogens with zero attached hydrogens (tertiary/aromatic N) is 2. The molecule has 4 aromatic rings. The first-order chi connectivity index (χ1) is 17.0. The second kappa shape index (κ2) is 8.39. The fourth-order valence-electron chi connectivity index (χ4n) is 5.31. The number of esters is 1. The molecule has 0 spiro atoms. The summed E-state index contributed by atoms with van der Waals surface area (Å²) in [7, 11) is 1.35. The number of carbonyl (C=O) groups excluding carboxylic acids is 3. The van der Waals surface area contributed by atoms with Crippen LogP contribution in [0.5, 0.6) is 0 Å². The van der Waals surface area contributed by atoms with Crippen molar-refractivity contribution >= 4 is 40.0 Å². The van der Waals surface area contributed by atoms with Gasteiger partial charge in [0, 0.05) is 27.9 Å². The van der Waals surface area contributed by atoms with Crippen LogP contribution >= 0.6 is 11.3 Å². The summed E-state index contributed by atoms with van der Waals surface area (Å²) in [5.41, 5.74) is 4.22. The Morgan fingerprint density at radius 3 is 2.63 bits per heavy atom. The number of aromatic nitrogens is 1. The lowest BCUT2D eigenvalue weighted by molar-refractivity contribution is -0.159. The Balaban J connectivity index is 1.45. The number of fused-ring (bicyclic) bond motifs is 4. The van der Waals surface area contributed by atoms with Crippen LogP contribution in [0.4, 0.5) is 0 Å². The number of benzene rings is 2. The second-order valence-electron chi connectivity index (χ2n) is 8.87. The monoisotopic (exact) mass is 485 g/mol. The van der Waals surface area contributed by atoms with Gasteiger partial charge in [-0.25, -0.2) is 4.79 Å². The molecule has 2 aliphatic rings. The molecule has 1 N–H and O–H groups in total. The van der Waals surface area contributed by atoms with Crippen molar-refractivity contribution in [2.24, 2.45) is 0 Å². The predicted octanol–water partition coefficient (Wildman–Crippen LogP) is 3.90. The molecule has 0 aliphatic carbocycles. The highest BCUT2D eigenvalue weighted by atomic mass is 32.1. The third-order valence-electron chi connectivity index (χ3n) is 6.92. The molecule has 2 amide bonds. The van der Waals surface area contributed by atoms with Gasteiger partial charge in [-0.15, -0.1) is 11.3 Å². The van der Waals surface area contributed by atoms with Gasteiger partial charge in [-0.2, -0.15) is 0 Å². The van der Waals surface area contributed by atoms with Crippen molar-refractivity contribution in [2.45, 2.75) is 25.0 Å². The van der Waals surface area contributed by atoms with Crippen LogP contribution in [-0.2, 0) is 27.3 Å². The summed E-state index contributed by atoms with van der Waals surface area (Å²) in [5, 5.41) is 3.04. The van der Waals surface area contributed by atoms with Crippen LogP contribution in [0.3, 0.4) is 0 Å². The van der Waals surface area contributed by atoms with E-state index in [1.807, 2.05) is 47.8 Å². The van der Waals surface area contributed by atoms with Crippen LogP contribution < -0.4 is 0 Å². The summed E-state index contributed by atoms with van der Waals surface area (Å²) in [6, 6.07) is 18.0. The van der Waals surface area contributed by atoms with E-state index in [1.165, 1.54) is 7.11 Å². The number of ether oxygens (including phenoxy) is 1. The molecular formula is C27H23N3O4S. The average Bonchev–Trinajstić information content (AvgIpc) is 3.53. The van der Waals surface area contributed by atoms with E-state index in [4.69, 9.17) is 4.74 Å². The molecule has 0 bridgehead atoms. The minimum atomic E-state index is -0.590. The molecule has 8 heteroatoms. The average molecular weight is 486 g/mol. The van der Waals surface area contributed by atoms with E-state index in [1.54, 1.807) is 33.3 Å². The van der Waals surface area contributed by atoms with Gasteiger partial charge in [-0.05, 0) is 40.8 Å². The summed E-state index contributed by atoms with van der Waals surface area (Å²) in [6.45, 7) is 0.478. The zero-order valence-electron chi connectivity index (χ0n) is 19.1. The number of methoxy groups -OCH3 is 1. The van der Waals surface area contributed by atoms with Crippen molar-refractivity contribution < 1.29 is 19.1 Å². The third kappa shape index (κ3) is 3.52. The van der Waals surface area contributed by atoms with Gasteiger partial charge in [-0.1, -0.05) is 36.4 Å². The van der Waals surface area contributed by atoms with Gasteiger partial charge >= 0.3 is 5.97 Å². The van der Waals surface area contributed by atoms with E-state index in [9.17, 15) is 14.4 Å². The van der Waals surface area contributed by atoms with Crippen LogP contribution in [0.2, 0.25) is 0 Å². The summed E-state index contributed by atoms with van der Waals surface area (Å²) < 4.78 is 4.83. The number of para-hydroxylation sites is 1. The third-order valence-corrected chi connectivity index (χ3v) is 7.78. The molecule has 7 nitrogen and oxygen atoms in total. The number of nitrogens with one attached hydrogen (secondary N) is 1. The largest absolute Gasteiger partial charge is 0.465 e. The number of piperazine rings is 1. The standard InChI is InChI=1S/C27H23N3O4S/c1-34-27(33)17-10-8-16(9-11-17)25-24-20(19-6-2-3-7-21(19)28-24)13-22-26(32)29(15-23(31)30(22)25)14-18-5-4-12-35-18/h2-12,22,25,28H,13-15H2,1H3/t22-,25-/m0/s1. The first-order valence-corrected chi connectivity index (χ1v) is 12.3. The number of amides is 2. The molecular weight excluding hydrogens is 462 g/mol. The lowest BCUT2D eigenvalue weighted by Gasteiger charge is -2.47. The van der Waals surface area contributed by atoms with E-state index >= 15 is 0 Å². The molecule has 1 fully saturated rings. The highest BCUT2D eigenvalue weighted by Gasteiger charge is 2.48. The van der Waals surface area contributed by atoms with Crippen LogP contribution in [0, 0.1) is 0 Å². The lowest BCUT2D eigenvalue weighted by Crippen LogP contribution is -2.62. The zero-order valence-corrected chi connectivity index (χ0v) is 19.9. The lowest BCUT2D eigenvalue weighted by atomic mass is 9.86. The molecule has 2 atom stereocenters. The summed E-state index contributed by atoms with van der Waals surface area (Å²) in [6.07, 6.45) is 0.460. The molecule has 2 aromatic heterocycles. The Morgan fingerprint density at radius 2 is 1.89 bits per heavy atom. The number of thiophene rings is 1. The molecule has 35 heavy (non-hydrogen) atoms. The number of rotatable bonds is 4. The summed E-state index contributed by atoms with van der Waals surface area (Å²) in [5.74, 6) is -0.541. The fourth-order valence-corrected chi connectivity index (χ4v) is 6.03. The van der Waals surface area contributed by atoms with Crippen LogP contribution in [-0.4, -0.2) is 52.3 Å². The molecule has 2 aliphatic heterocycles. The number of hydrogen-bond acceptors (Lipinski definition) is 5. The molecule has 0 radical (unpaired) electrons. The van der Waals surface area contributed by atoms with E-state index in [0.29, 0.717) is 18.5 Å². The highest BCUT2D eigenvalue weighted by molar-refractivity contribution is 7.09. The Kier molecular flexibility index (Phi) is 5.18. The number of aromatic amines is 1. The molecule has 6 rings (SSSR count). The SMILES string of the molecule is COC(=O)c1ccc([C@H]2c3[nH]c4ccccc4c3C[C@H]3C(=O)N(Cc4cccs4)CC(=O)N23)cc1. The quantitative estimate of drug-likeness (QED) is 0.445. The number of hydrogen-bond donors (Lipinski definition) is 1. The minimum absolute atomic E-state index is 0.0369. The van der Waals surface area contributed by atoms with Crippen LogP contribution in [0.15, 0.2) is 66.0 Å². The van der Waals surface area contributed by atoms with Crippen molar-refractivity contribution in [3.8, 4) is 0 Å². The van der Waals surface area contributed by atoms with Crippen molar-refractivity contribution in [3.05, 3.63) is 93.3 Å². The minimum Gasteiger partial charge on any atom is -0.465 e. The summed E-state index contributed by atoms with van der Waals surface area (Å²) in [4.78, 5) is 47.3. The first-order valence-electron chi connectivity index (χ1n) is 11.4. The Bertz CT molecular complexity index is 1440. The van der Waals surface area contributed by atoms with E-state index < -0.39 is 18.1 Å². The van der Waals surface area contributed by atoms with Crippen LogP contribution in [0.1, 0.15) is 38.1 Å². The van der Waals surface area contributed by atoms with E-state index in [-0.39, 0.29) is 18.4 Å². The number of H-pyrrole nitrogens is 1. The smallest absolute Gasteiger partial charge is 0.337 e. The molecule has 0 saturated carbocycles. The zero-order chi connectivity index (χ0) is 24.1. The van der Waals surface area contributed by atoms with Crippen LogP contribution in [0.25, 0.3) is 10.9 Å². The maximum atomic E-state index is 13.7. The highest BCUT2D eigenvalue weighted by Crippen LogP contribution is 2.42. The predicted molar refractivity (Wildman–Crippen MR) is 132 cm³/mol. The molecule has 2 aromatic carbocycles. The maximum absolute atomic E-state index is 13.7. The molecule has 176 valence electrons. The summed E-state index contributed by atoms with van der Waals surface area (Å²) >= 11 is 1.58. The van der Waals surface area contributed by atoms with E-state index in [2.05, 4.69) is 11.1 Å². The van der Waals surface area contributed by atoms with Crippen molar-refractivity contribution in [3.63, 3.8) is 0 Å². The number of carbonyl (C=O) groups is 3. The Hall–Kier alpha value is -3.91. The van der Waals surface area contributed by atoms with Gasteiger partial charge in [-0.3, -0.25) is 9.59 Å².